The van der Waals surface area contributed by atoms with Crippen LogP contribution in [0.2, 0.25) is 0 Å². The molecule has 0 bridgehead atoms. The lowest BCUT2D eigenvalue weighted by atomic mass is 10.1. The van der Waals surface area contributed by atoms with Gasteiger partial charge in [0.05, 0.1) is 18.1 Å². The van der Waals surface area contributed by atoms with Gasteiger partial charge in [0.1, 0.15) is 0 Å². The molecule has 2 atom stereocenters. The molecule has 1 saturated carbocycles. The van der Waals surface area contributed by atoms with E-state index < -0.39 is 9.84 Å². The summed E-state index contributed by atoms with van der Waals surface area (Å²) in [6.45, 7) is 4.82. The molecular formula is C12H19N3O3S. The second kappa shape index (κ2) is 4.28. The molecule has 106 valence electrons. The monoisotopic (exact) mass is 285 g/mol. The Morgan fingerprint density at radius 1 is 1.47 bits per heavy atom. The lowest BCUT2D eigenvalue weighted by molar-refractivity contribution is 0.355. The van der Waals surface area contributed by atoms with E-state index in [1.165, 1.54) is 0 Å². The lowest BCUT2D eigenvalue weighted by Gasteiger charge is -2.07. The predicted octanol–water partition coefficient (Wildman–Crippen LogP) is 0.860. The molecule has 0 amide bonds. The van der Waals surface area contributed by atoms with E-state index >= 15 is 0 Å². The topological polar surface area (TPSA) is 85.1 Å². The van der Waals surface area contributed by atoms with Crippen LogP contribution in [0.25, 0.3) is 0 Å². The fraction of sp³-hybridized carbons (Fsp3) is 0.833. The van der Waals surface area contributed by atoms with E-state index in [9.17, 15) is 8.42 Å². The molecule has 19 heavy (non-hydrogen) atoms. The van der Waals surface area contributed by atoms with Crippen LogP contribution in [0.5, 0.6) is 0 Å². The Hall–Kier alpha value is -0.950. The number of rotatable bonds is 4. The summed E-state index contributed by atoms with van der Waals surface area (Å²) in [5, 5.41) is 7.17. The molecular weight excluding hydrogens is 266 g/mol. The summed E-state index contributed by atoms with van der Waals surface area (Å²) < 4.78 is 27.9. The van der Waals surface area contributed by atoms with Gasteiger partial charge in [-0.2, -0.15) is 4.98 Å². The molecule has 2 fully saturated rings. The average molecular weight is 285 g/mol. The molecule has 6 nitrogen and oxygen atoms in total. The zero-order valence-corrected chi connectivity index (χ0v) is 12.0. The van der Waals surface area contributed by atoms with Gasteiger partial charge >= 0.3 is 0 Å². The third kappa shape index (κ3) is 2.81. The quantitative estimate of drug-likeness (QED) is 0.883. The highest BCUT2D eigenvalue weighted by molar-refractivity contribution is 7.91. The number of aromatic nitrogens is 2. The summed E-state index contributed by atoms with van der Waals surface area (Å²) in [6, 6.07) is 0.0118. The fourth-order valence-corrected chi connectivity index (χ4v) is 4.28. The highest BCUT2D eigenvalue weighted by Crippen LogP contribution is 2.57. The largest absolute Gasteiger partial charge is 0.338 e. The number of hydrogen-bond acceptors (Lipinski definition) is 6. The Kier molecular flexibility index (Phi) is 2.94. The van der Waals surface area contributed by atoms with Crippen molar-refractivity contribution in [3.63, 3.8) is 0 Å². The van der Waals surface area contributed by atoms with Crippen molar-refractivity contribution in [3.05, 3.63) is 11.7 Å². The van der Waals surface area contributed by atoms with Gasteiger partial charge in [-0.15, -0.1) is 0 Å². The molecule has 1 aromatic rings. The maximum atomic E-state index is 11.3. The van der Waals surface area contributed by atoms with Crippen LogP contribution in [0.3, 0.4) is 0 Å². The molecule has 0 spiro atoms. The molecule has 0 radical (unpaired) electrons. The van der Waals surface area contributed by atoms with Gasteiger partial charge in [-0.05, 0) is 18.3 Å². The van der Waals surface area contributed by atoms with Crippen molar-refractivity contribution >= 4 is 9.84 Å². The van der Waals surface area contributed by atoms with Crippen LogP contribution in [0.4, 0.5) is 0 Å². The van der Waals surface area contributed by atoms with Gasteiger partial charge in [0.25, 0.3) is 0 Å². The number of hydrogen-bond donors (Lipinski definition) is 1. The van der Waals surface area contributed by atoms with Crippen LogP contribution in [-0.4, -0.2) is 36.1 Å². The van der Waals surface area contributed by atoms with Crippen LogP contribution < -0.4 is 5.32 Å². The van der Waals surface area contributed by atoms with Gasteiger partial charge in [-0.1, -0.05) is 19.0 Å². The maximum Gasteiger partial charge on any atom is 0.240 e. The zero-order chi connectivity index (χ0) is 13.7. The van der Waals surface area contributed by atoms with E-state index in [-0.39, 0.29) is 23.0 Å². The first-order chi connectivity index (χ1) is 8.86. The maximum absolute atomic E-state index is 11.3. The van der Waals surface area contributed by atoms with Crippen molar-refractivity contribution in [1.82, 2.24) is 15.5 Å². The molecule has 1 saturated heterocycles. The second-order valence-corrected chi connectivity index (χ2v) is 8.50. The molecule has 2 unspecified atom stereocenters. The molecule has 1 aliphatic carbocycles. The summed E-state index contributed by atoms with van der Waals surface area (Å²) >= 11 is 0. The summed E-state index contributed by atoms with van der Waals surface area (Å²) in [5.74, 6) is 2.21. The SMILES string of the molecule is CC1(C)CC1c1noc(CNC2CCS(=O)(=O)C2)n1. The van der Waals surface area contributed by atoms with Crippen molar-refractivity contribution in [1.29, 1.82) is 0 Å². The minimum Gasteiger partial charge on any atom is -0.338 e. The van der Waals surface area contributed by atoms with Crippen LogP contribution in [0.15, 0.2) is 4.52 Å². The van der Waals surface area contributed by atoms with Gasteiger partial charge in [0, 0.05) is 12.0 Å². The molecule has 3 rings (SSSR count). The van der Waals surface area contributed by atoms with Gasteiger partial charge in [0.15, 0.2) is 15.7 Å². The number of nitrogens with zero attached hydrogens (tertiary/aromatic N) is 2. The predicted molar refractivity (Wildman–Crippen MR) is 69.3 cm³/mol. The molecule has 1 aliphatic heterocycles. The summed E-state index contributed by atoms with van der Waals surface area (Å²) in [4.78, 5) is 4.38. The van der Waals surface area contributed by atoms with E-state index in [0.29, 0.717) is 24.8 Å². The van der Waals surface area contributed by atoms with Crippen LogP contribution in [-0.2, 0) is 16.4 Å². The minimum atomic E-state index is -2.84. The molecule has 7 heteroatoms. The van der Waals surface area contributed by atoms with Crippen molar-refractivity contribution in [2.45, 2.75) is 45.2 Å². The van der Waals surface area contributed by atoms with E-state index in [4.69, 9.17) is 4.52 Å². The van der Waals surface area contributed by atoms with Crippen molar-refractivity contribution in [3.8, 4) is 0 Å². The first kappa shape index (κ1) is 13.1. The first-order valence-corrected chi connectivity index (χ1v) is 8.44. The Balaban J connectivity index is 1.54. The van der Waals surface area contributed by atoms with E-state index in [2.05, 4.69) is 29.3 Å². The highest BCUT2D eigenvalue weighted by atomic mass is 32.2. The third-order valence-corrected chi connectivity index (χ3v) is 5.85. The normalized spacial score (nSPS) is 31.5. The molecule has 0 aromatic carbocycles. The Morgan fingerprint density at radius 3 is 2.79 bits per heavy atom. The van der Waals surface area contributed by atoms with Gasteiger partial charge < -0.3 is 9.84 Å². The fourth-order valence-electron chi connectivity index (χ4n) is 2.58. The Morgan fingerprint density at radius 2 is 2.21 bits per heavy atom. The van der Waals surface area contributed by atoms with E-state index in [1.54, 1.807) is 0 Å². The molecule has 1 N–H and O–H groups in total. The second-order valence-electron chi connectivity index (χ2n) is 6.27. The zero-order valence-electron chi connectivity index (χ0n) is 11.2. The Labute approximate surface area is 112 Å². The smallest absolute Gasteiger partial charge is 0.240 e. The molecule has 2 heterocycles. The van der Waals surface area contributed by atoms with Crippen LogP contribution in [0, 0.1) is 5.41 Å². The van der Waals surface area contributed by atoms with Gasteiger partial charge in [-0.3, -0.25) is 0 Å². The minimum absolute atomic E-state index is 0.0118. The van der Waals surface area contributed by atoms with E-state index in [0.717, 1.165) is 12.2 Å². The summed E-state index contributed by atoms with van der Waals surface area (Å²) in [7, 11) is -2.84. The number of sulfone groups is 1. The Bertz CT molecular complexity index is 579. The van der Waals surface area contributed by atoms with E-state index in [1.807, 2.05) is 0 Å². The van der Waals surface area contributed by atoms with Crippen molar-refractivity contribution in [2.75, 3.05) is 11.5 Å². The highest BCUT2D eigenvalue weighted by Gasteiger charge is 2.49. The van der Waals surface area contributed by atoms with Crippen molar-refractivity contribution < 1.29 is 12.9 Å². The number of nitrogens with one attached hydrogen (secondary N) is 1. The summed E-state index contributed by atoms with van der Waals surface area (Å²) in [6.07, 6.45) is 1.76. The van der Waals surface area contributed by atoms with Gasteiger partial charge in [-0.25, -0.2) is 8.42 Å². The molecule has 1 aromatic heterocycles. The lowest BCUT2D eigenvalue weighted by Crippen LogP contribution is -2.29. The third-order valence-electron chi connectivity index (χ3n) is 4.08. The summed E-state index contributed by atoms with van der Waals surface area (Å²) in [5.41, 5.74) is 0.286. The first-order valence-electron chi connectivity index (χ1n) is 6.62. The van der Waals surface area contributed by atoms with Crippen LogP contribution in [0.1, 0.15) is 44.3 Å². The van der Waals surface area contributed by atoms with Gasteiger partial charge in [0.2, 0.25) is 5.89 Å². The molecule has 2 aliphatic rings. The standard InChI is InChI=1S/C12H19N3O3S/c1-12(2)5-9(12)11-14-10(18-15-11)6-13-8-3-4-19(16,17)7-8/h8-9,13H,3-7H2,1-2H3. The van der Waals surface area contributed by atoms with Crippen LogP contribution >= 0.6 is 0 Å². The van der Waals surface area contributed by atoms with Crippen molar-refractivity contribution in [2.24, 2.45) is 5.41 Å². The average Bonchev–Trinajstić information content (AvgIpc) is 2.69.